The molecule has 0 aliphatic carbocycles. The summed E-state index contributed by atoms with van der Waals surface area (Å²) < 4.78 is 16.3. The molecule has 0 amide bonds. The zero-order valence-corrected chi connectivity index (χ0v) is 9.81. The Morgan fingerprint density at radius 2 is 2.00 bits per heavy atom. The molecule has 5 heteroatoms. The fraction of sp³-hybridized carbons (Fsp3) is 0.300. The molecular formula is C10H11ClO3S. The molecule has 15 heavy (non-hydrogen) atoms. The highest BCUT2D eigenvalue weighted by Crippen LogP contribution is 2.12. The lowest BCUT2D eigenvalue weighted by Crippen LogP contribution is -2.15. The highest BCUT2D eigenvalue weighted by Gasteiger charge is 2.09. The van der Waals surface area contributed by atoms with Crippen LogP contribution in [-0.2, 0) is 20.3 Å². The maximum atomic E-state index is 11.6. The van der Waals surface area contributed by atoms with Gasteiger partial charge in [-0.05, 0) is 24.3 Å². The third-order valence-corrected chi connectivity index (χ3v) is 3.31. The van der Waals surface area contributed by atoms with Crippen molar-refractivity contribution in [2.75, 3.05) is 19.5 Å². The van der Waals surface area contributed by atoms with E-state index in [1.165, 1.54) is 7.11 Å². The van der Waals surface area contributed by atoms with Crippen molar-refractivity contribution in [1.82, 2.24) is 0 Å². The summed E-state index contributed by atoms with van der Waals surface area (Å²) in [6.45, 7) is -0.000665. The van der Waals surface area contributed by atoms with E-state index in [9.17, 15) is 9.00 Å². The molecule has 0 aliphatic rings. The Morgan fingerprint density at radius 1 is 1.40 bits per heavy atom. The third kappa shape index (κ3) is 4.11. The maximum absolute atomic E-state index is 11.6. The smallest absolute Gasteiger partial charge is 0.171 e. The second-order valence-electron chi connectivity index (χ2n) is 2.92. The summed E-state index contributed by atoms with van der Waals surface area (Å²) in [4.78, 5) is 11.8. The van der Waals surface area contributed by atoms with E-state index in [2.05, 4.69) is 4.74 Å². The molecule has 1 unspecified atom stereocenters. The predicted octanol–water partition coefficient (Wildman–Crippen LogP) is 1.66. The molecule has 1 aromatic rings. The van der Waals surface area contributed by atoms with Crippen molar-refractivity contribution in [3.63, 3.8) is 0 Å². The van der Waals surface area contributed by atoms with Crippen molar-refractivity contribution in [3.05, 3.63) is 29.3 Å². The summed E-state index contributed by atoms with van der Waals surface area (Å²) in [6, 6.07) is 6.60. The lowest BCUT2D eigenvalue weighted by molar-refractivity contribution is -0.120. The molecule has 1 atom stereocenters. The van der Waals surface area contributed by atoms with Crippen molar-refractivity contribution in [2.24, 2.45) is 0 Å². The Bertz CT molecular complexity index is 361. The van der Waals surface area contributed by atoms with Gasteiger partial charge in [-0.3, -0.25) is 9.00 Å². The minimum Gasteiger partial charge on any atom is -0.377 e. The molecule has 0 saturated carbocycles. The molecule has 0 bridgehead atoms. The fourth-order valence-electron chi connectivity index (χ4n) is 1.02. The lowest BCUT2D eigenvalue weighted by atomic mass is 10.4. The zero-order chi connectivity index (χ0) is 11.3. The SMILES string of the molecule is COCC(=O)CS(=O)c1ccc(Cl)cc1. The van der Waals surface area contributed by atoms with E-state index in [0.717, 1.165) is 0 Å². The number of rotatable bonds is 5. The molecule has 0 saturated heterocycles. The van der Waals surface area contributed by atoms with Crippen molar-refractivity contribution >= 4 is 28.2 Å². The molecule has 3 nitrogen and oxygen atoms in total. The first-order valence-corrected chi connectivity index (χ1v) is 5.97. The van der Waals surface area contributed by atoms with Gasteiger partial charge in [-0.25, -0.2) is 0 Å². The number of benzene rings is 1. The van der Waals surface area contributed by atoms with Crippen LogP contribution < -0.4 is 0 Å². The van der Waals surface area contributed by atoms with Gasteiger partial charge >= 0.3 is 0 Å². The molecule has 0 fully saturated rings. The number of methoxy groups -OCH3 is 1. The van der Waals surface area contributed by atoms with Crippen molar-refractivity contribution in [1.29, 1.82) is 0 Å². The summed E-state index contributed by atoms with van der Waals surface area (Å²) in [5.74, 6) is -0.194. The maximum Gasteiger partial charge on any atom is 0.171 e. The van der Waals surface area contributed by atoms with E-state index in [-0.39, 0.29) is 18.1 Å². The van der Waals surface area contributed by atoms with E-state index < -0.39 is 10.8 Å². The molecule has 1 aromatic carbocycles. The van der Waals surface area contributed by atoms with Gasteiger partial charge < -0.3 is 4.74 Å². The van der Waals surface area contributed by atoms with Crippen molar-refractivity contribution in [2.45, 2.75) is 4.90 Å². The molecule has 1 rings (SSSR count). The Kier molecular flexibility index (Phi) is 4.94. The van der Waals surface area contributed by atoms with Crippen LogP contribution in [0.1, 0.15) is 0 Å². The Hall–Kier alpha value is -0.710. The quantitative estimate of drug-likeness (QED) is 0.794. The van der Waals surface area contributed by atoms with E-state index in [4.69, 9.17) is 11.6 Å². The van der Waals surface area contributed by atoms with Gasteiger partial charge in [0.25, 0.3) is 0 Å². The summed E-state index contributed by atoms with van der Waals surface area (Å²) in [5, 5.41) is 0.582. The van der Waals surface area contributed by atoms with Gasteiger partial charge in [0, 0.05) is 17.0 Å². The van der Waals surface area contributed by atoms with E-state index in [1.807, 2.05) is 0 Å². The fourth-order valence-corrected chi connectivity index (χ4v) is 2.13. The standard InChI is InChI=1S/C10H11ClO3S/c1-14-6-9(12)7-15(13)10-4-2-8(11)3-5-10/h2-5H,6-7H2,1H3. The van der Waals surface area contributed by atoms with E-state index >= 15 is 0 Å². The van der Waals surface area contributed by atoms with Crippen LogP contribution in [0.4, 0.5) is 0 Å². The van der Waals surface area contributed by atoms with Crippen LogP contribution >= 0.6 is 11.6 Å². The molecule has 0 N–H and O–H groups in total. The van der Waals surface area contributed by atoms with Gasteiger partial charge in [-0.15, -0.1) is 0 Å². The second-order valence-corrected chi connectivity index (χ2v) is 4.80. The number of ether oxygens (including phenoxy) is 1. The molecule has 0 radical (unpaired) electrons. The van der Waals surface area contributed by atoms with Crippen molar-refractivity contribution < 1.29 is 13.7 Å². The predicted molar refractivity (Wildman–Crippen MR) is 59.6 cm³/mol. The first-order chi connectivity index (χ1) is 7.13. The summed E-state index contributed by atoms with van der Waals surface area (Å²) in [5.41, 5.74) is 0. The number of hydrogen-bond acceptors (Lipinski definition) is 3. The largest absolute Gasteiger partial charge is 0.377 e. The van der Waals surface area contributed by atoms with Crippen LogP contribution in [0, 0.1) is 0 Å². The number of carbonyl (C=O) groups excluding carboxylic acids is 1. The number of halogens is 1. The van der Waals surface area contributed by atoms with Gasteiger partial charge in [0.1, 0.15) is 6.61 Å². The van der Waals surface area contributed by atoms with Crippen LogP contribution in [0.3, 0.4) is 0 Å². The average molecular weight is 247 g/mol. The monoisotopic (exact) mass is 246 g/mol. The first-order valence-electron chi connectivity index (χ1n) is 4.28. The average Bonchev–Trinajstić information content (AvgIpc) is 2.18. The van der Waals surface area contributed by atoms with Crippen LogP contribution in [0.2, 0.25) is 5.02 Å². The van der Waals surface area contributed by atoms with Gasteiger partial charge in [0.15, 0.2) is 5.78 Å². The van der Waals surface area contributed by atoms with Gasteiger partial charge in [-0.1, -0.05) is 11.6 Å². The van der Waals surface area contributed by atoms with Gasteiger partial charge in [0.2, 0.25) is 0 Å². The zero-order valence-electron chi connectivity index (χ0n) is 8.23. The highest BCUT2D eigenvalue weighted by molar-refractivity contribution is 7.85. The minimum atomic E-state index is -1.31. The molecule has 0 aliphatic heterocycles. The number of carbonyl (C=O) groups is 1. The molecular weight excluding hydrogens is 236 g/mol. The van der Waals surface area contributed by atoms with Crippen LogP contribution in [-0.4, -0.2) is 29.5 Å². The molecule has 82 valence electrons. The summed E-state index contributed by atoms with van der Waals surface area (Å²) in [7, 11) is 0.122. The summed E-state index contributed by atoms with van der Waals surface area (Å²) in [6.07, 6.45) is 0. The molecule has 0 aromatic heterocycles. The van der Waals surface area contributed by atoms with E-state index in [1.54, 1.807) is 24.3 Å². The Morgan fingerprint density at radius 3 is 2.53 bits per heavy atom. The number of Topliss-reactive ketones (excluding diaryl/α,β-unsaturated/α-hetero) is 1. The third-order valence-electron chi connectivity index (χ3n) is 1.67. The first kappa shape index (κ1) is 12.4. The molecule has 0 spiro atoms. The van der Waals surface area contributed by atoms with Gasteiger partial charge in [-0.2, -0.15) is 0 Å². The highest BCUT2D eigenvalue weighted by atomic mass is 35.5. The number of hydrogen-bond donors (Lipinski definition) is 0. The second kappa shape index (κ2) is 6.00. The Labute approximate surface area is 95.8 Å². The minimum absolute atomic E-state index is 0.000665. The van der Waals surface area contributed by atoms with Gasteiger partial charge in [0.05, 0.1) is 16.6 Å². The normalized spacial score (nSPS) is 12.4. The Balaban J connectivity index is 2.61. The summed E-state index contributed by atoms with van der Waals surface area (Å²) >= 11 is 5.69. The van der Waals surface area contributed by atoms with Crippen LogP contribution in [0.25, 0.3) is 0 Å². The van der Waals surface area contributed by atoms with Crippen LogP contribution in [0.5, 0.6) is 0 Å². The number of ketones is 1. The topological polar surface area (TPSA) is 43.4 Å². The van der Waals surface area contributed by atoms with Crippen molar-refractivity contribution in [3.8, 4) is 0 Å². The van der Waals surface area contributed by atoms with E-state index in [0.29, 0.717) is 9.92 Å². The lowest BCUT2D eigenvalue weighted by Gasteiger charge is -2.01. The molecule has 0 heterocycles. The van der Waals surface area contributed by atoms with Crippen LogP contribution in [0.15, 0.2) is 29.2 Å².